The van der Waals surface area contributed by atoms with Crippen molar-refractivity contribution in [2.24, 2.45) is 5.73 Å². The molecule has 0 heterocycles. The Hall–Kier alpha value is -4.10. The minimum Gasteiger partial charge on any atom is -0.394 e. The number of hydrogen-bond donors (Lipinski definition) is 14. The van der Waals surface area contributed by atoms with E-state index in [-0.39, 0.29) is 6.61 Å². The van der Waals surface area contributed by atoms with Gasteiger partial charge in [-0.25, -0.2) is 9.13 Å². The number of aliphatic hydroxyl groups is 1. The van der Waals surface area contributed by atoms with Crippen LogP contribution in [0, 0.1) is 0 Å². The van der Waals surface area contributed by atoms with E-state index in [0.29, 0.717) is 0 Å². The monoisotopic (exact) mass is 835 g/mol. The fraction of sp³-hybridized carbons (Fsp3) is 0.704. The molecule has 0 aromatic heterocycles. The lowest BCUT2D eigenvalue weighted by atomic mass is 10.2. The lowest BCUT2D eigenvalue weighted by Gasteiger charge is -2.25. The highest BCUT2D eigenvalue weighted by Crippen LogP contribution is 2.36. The van der Waals surface area contributed by atoms with E-state index in [4.69, 9.17) is 30.4 Å². The Kier molecular flexibility index (Phi) is 21.4. The van der Waals surface area contributed by atoms with Crippen LogP contribution in [0.15, 0.2) is 0 Å². The molecule has 0 spiro atoms. The second-order valence-corrected chi connectivity index (χ2v) is 14.7. The molecule has 0 fully saturated rings. The van der Waals surface area contributed by atoms with Crippen molar-refractivity contribution in [1.29, 1.82) is 0 Å². The highest BCUT2D eigenvalue weighted by molar-refractivity contribution is 7.46. The van der Waals surface area contributed by atoms with Crippen molar-refractivity contribution in [3.8, 4) is 0 Å². The molecule has 15 N–H and O–H groups in total. The van der Waals surface area contributed by atoms with E-state index in [1.54, 1.807) is 0 Å². The fourth-order valence-corrected chi connectivity index (χ4v) is 4.38. The first-order valence-electron chi connectivity index (χ1n) is 16.3. The van der Waals surface area contributed by atoms with Crippen molar-refractivity contribution in [1.82, 2.24) is 42.5 Å². The highest BCUT2D eigenvalue weighted by Gasteiger charge is 2.33. The van der Waals surface area contributed by atoms with Crippen LogP contribution in [0.25, 0.3) is 0 Å². The van der Waals surface area contributed by atoms with Crippen LogP contribution in [-0.2, 0) is 56.5 Å². The molecule has 8 amide bonds. The number of rotatable bonds is 23. The summed E-state index contributed by atoms with van der Waals surface area (Å²) in [6.45, 7) is 6.17. The summed E-state index contributed by atoms with van der Waals surface area (Å²) in [4.78, 5) is 137. The molecule has 0 saturated heterocycles. The van der Waals surface area contributed by atoms with Gasteiger partial charge < -0.3 is 72.9 Å². The van der Waals surface area contributed by atoms with E-state index in [9.17, 15) is 47.5 Å². The van der Waals surface area contributed by atoms with Gasteiger partial charge in [-0.2, -0.15) is 0 Å². The number of nitrogens with two attached hydrogens (primary N) is 1. The number of hydrogen-bond acceptors (Lipinski definition) is 14. The molecule has 0 aromatic rings. The summed E-state index contributed by atoms with van der Waals surface area (Å²) in [5.74, 6) is -7.87. The van der Waals surface area contributed by atoms with Gasteiger partial charge in [-0.1, -0.05) is 0 Å². The van der Waals surface area contributed by atoms with E-state index < -0.39 is 130 Å². The van der Waals surface area contributed by atoms with Crippen molar-refractivity contribution < 1.29 is 81.2 Å². The molecule has 0 aliphatic rings. The average Bonchev–Trinajstić information content (AvgIpc) is 3.06. The molecule has 0 unspecified atom stereocenters. The first-order valence-corrected chi connectivity index (χ1v) is 19.3. The zero-order valence-corrected chi connectivity index (χ0v) is 32.7. The molecule has 0 aliphatic carbocycles. The maximum Gasteiger partial charge on any atom is 0.469 e. The largest absolute Gasteiger partial charge is 0.469 e. The zero-order valence-electron chi connectivity index (χ0n) is 30.9. The van der Waals surface area contributed by atoms with Gasteiger partial charge in [0.2, 0.25) is 47.3 Å². The number of phosphoric ester groups is 2. The van der Waals surface area contributed by atoms with Crippen LogP contribution in [0.5, 0.6) is 0 Å². The SMILES string of the molecule is C[C@H](CO)NC(=O)[C@H](C)NC(=O)[C@H](C)NC(=O)[C@H](COP(=O)(O)O)NC(=O)[C@H](C)NC(=O)[C@H](C)NC(=O)[C@H](COP(=O)(O)O)NC(=O)[C@H](C)NC(=O)[C@H](C)N. The van der Waals surface area contributed by atoms with Crippen LogP contribution >= 0.6 is 15.6 Å². The molecule has 26 nitrogen and oxygen atoms in total. The second-order valence-electron chi connectivity index (χ2n) is 12.2. The maximum absolute atomic E-state index is 13.0. The maximum atomic E-state index is 13.0. The van der Waals surface area contributed by atoms with Crippen LogP contribution in [-0.4, -0.2) is 146 Å². The van der Waals surface area contributed by atoms with E-state index in [2.05, 4.69) is 51.6 Å². The third-order valence-corrected chi connectivity index (χ3v) is 7.89. The molecule has 0 saturated carbocycles. The van der Waals surface area contributed by atoms with Gasteiger partial charge in [0, 0.05) is 6.04 Å². The Morgan fingerprint density at radius 2 is 0.727 bits per heavy atom. The van der Waals surface area contributed by atoms with Crippen molar-refractivity contribution >= 4 is 62.9 Å². The van der Waals surface area contributed by atoms with Crippen molar-refractivity contribution in [2.45, 2.75) is 103 Å². The standard InChI is InChI=1S/C27H51N9O17P2/c1-11(8-37)29-21(39)13(3)31-22(40)14(4)33-27(45)19(10-53-55(49,50)51)36-25(43)17(7)32-23(41)15(5)34-26(44)18(9-52-54(46,47)48)35-24(42)16(6)30-20(38)12(2)28/h11-19,37H,8-10,28H2,1-7H3,(H,29,39)(H,30,38)(H,31,40)(H,32,41)(H,33,45)(H,34,44)(H,35,42)(H,36,43)(H2,46,47,48)(H2,49,50,51)/t11-,12+,13+,14+,15+,16+,17+,18+,19+/m1/s1. The summed E-state index contributed by atoms with van der Waals surface area (Å²) < 4.78 is 31.2. The third-order valence-electron chi connectivity index (χ3n) is 6.92. The Morgan fingerprint density at radius 1 is 0.473 bits per heavy atom. The molecule has 0 radical (unpaired) electrons. The lowest BCUT2D eigenvalue weighted by Crippen LogP contribution is -2.60. The predicted octanol–water partition coefficient (Wildman–Crippen LogP) is -6.46. The van der Waals surface area contributed by atoms with E-state index in [1.807, 2.05) is 0 Å². The first kappa shape index (κ1) is 50.9. The molecular formula is C27H51N9O17P2. The van der Waals surface area contributed by atoms with E-state index in [1.165, 1.54) is 34.6 Å². The third kappa shape index (κ3) is 21.0. The molecule has 316 valence electrons. The van der Waals surface area contributed by atoms with Gasteiger partial charge in [-0.3, -0.25) is 47.4 Å². The molecule has 0 aliphatic heterocycles. The number of amides is 8. The molecule has 0 aromatic carbocycles. The molecular weight excluding hydrogens is 784 g/mol. The normalized spacial score (nSPS) is 16.5. The smallest absolute Gasteiger partial charge is 0.394 e. The minimum atomic E-state index is -5.21. The van der Waals surface area contributed by atoms with Crippen molar-refractivity contribution in [2.75, 3.05) is 19.8 Å². The number of phosphoric acid groups is 2. The number of aliphatic hydroxyl groups excluding tert-OH is 1. The minimum absolute atomic E-state index is 0.374. The first-order chi connectivity index (χ1) is 25.1. The summed E-state index contributed by atoms with van der Waals surface area (Å²) in [6.07, 6.45) is 0. The highest BCUT2D eigenvalue weighted by atomic mass is 31.2. The predicted molar refractivity (Wildman–Crippen MR) is 186 cm³/mol. The van der Waals surface area contributed by atoms with Crippen LogP contribution in [0.2, 0.25) is 0 Å². The summed E-state index contributed by atoms with van der Waals surface area (Å²) in [5.41, 5.74) is 5.43. The Balaban J connectivity index is 5.66. The number of carbonyl (C=O) groups is 8. The van der Waals surface area contributed by atoms with Gasteiger partial charge in [0.15, 0.2) is 0 Å². The van der Waals surface area contributed by atoms with Gasteiger partial charge in [0.05, 0.1) is 25.9 Å². The van der Waals surface area contributed by atoms with Crippen LogP contribution < -0.4 is 48.3 Å². The van der Waals surface area contributed by atoms with Crippen molar-refractivity contribution in [3.63, 3.8) is 0 Å². The van der Waals surface area contributed by atoms with Crippen LogP contribution in [0.3, 0.4) is 0 Å². The summed E-state index contributed by atoms with van der Waals surface area (Å²) in [5, 5.41) is 26.8. The number of carbonyl (C=O) groups excluding carboxylic acids is 8. The molecule has 0 rings (SSSR count). The van der Waals surface area contributed by atoms with Gasteiger partial charge >= 0.3 is 15.6 Å². The average molecular weight is 836 g/mol. The summed E-state index contributed by atoms with van der Waals surface area (Å²) in [7, 11) is -10.4. The molecule has 28 heteroatoms. The van der Waals surface area contributed by atoms with Gasteiger partial charge in [-0.05, 0) is 48.5 Å². The zero-order chi connectivity index (χ0) is 43.0. The van der Waals surface area contributed by atoms with E-state index >= 15 is 0 Å². The Bertz CT molecular complexity index is 1490. The summed E-state index contributed by atoms with van der Waals surface area (Å²) in [6, 6.07) is -12.2. The van der Waals surface area contributed by atoms with Gasteiger partial charge in [0.25, 0.3) is 0 Å². The Morgan fingerprint density at radius 3 is 1.00 bits per heavy atom. The second kappa shape index (κ2) is 23.1. The fourth-order valence-electron chi connectivity index (χ4n) is 3.69. The van der Waals surface area contributed by atoms with Crippen LogP contribution in [0.1, 0.15) is 48.5 Å². The summed E-state index contributed by atoms with van der Waals surface area (Å²) >= 11 is 0. The molecule has 0 bridgehead atoms. The van der Waals surface area contributed by atoms with Gasteiger partial charge in [0.1, 0.15) is 42.3 Å². The quantitative estimate of drug-likeness (QED) is 0.0426. The molecule has 55 heavy (non-hydrogen) atoms. The topological polar surface area (TPSA) is 413 Å². The molecule has 9 atom stereocenters. The van der Waals surface area contributed by atoms with Crippen LogP contribution in [0.4, 0.5) is 0 Å². The van der Waals surface area contributed by atoms with E-state index in [0.717, 1.165) is 13.8 Å². The lowest BCUT2D eigenvalue weighted by molar-refractivity contribution is -0.135. The Labute approximate surface area is 315 Å². The number of nitrogens with one attached hydrogen (secondary N) is 8. The van der Waals surface area contributed by atoms with Gasteiger partial charge in [-0.15, -0.1) is 0 Å². The van der Waals surface area contributed by atoms with Crippen molar-refractivity contribution in [3.05, 3.63) is 0 Å².